The van der Waals surface area contributed by atoms with E-state index in [4.69, 9.17) is 0 Å². The van der Waals surface area contributed by atoms with Gasteiger partial charge in [-0.25, -0.2) is 0 Å². The fourth-order valence-electron chi connectivity index (χ4n) is 3.07. The lowest BCUT2D eigenvalue weighted by atomic mass is 10.1. The Morgan fingerprint density at radius 3 is 3.00 bits per heavy atom. The fraction of sp³-hybridized carbons (Fsp3) is 0.667. The molecule has 0 amide bonds. The largest absolute Gasteiger partial charge is 0.309 e. The molecule has 1 aliphatic carbocycles. The van der Waals surface area contributed by atoms with Gasteiger partial charge in [0.05, 0.1) is 0 Å². The van der Waals surface area contributed by atoms with Crippen molar-refractivity contribution in [2.24, 2.45) is 0 Å². The average Bonchev–Trinajstić information content (AvgIpc) is 3.13. The number of nitrogens with one attached hydrogen (secondary N) is 1. The molecule has 1 N–H and O–H groups in total. The van der Waals surface area contributed by atoms with Gasteiger partial charge in [-0.3, -0.25) is 9.88 Å². The van der Waals surface area contributed by atoms with Crippen molar-refractivity contribution in [1.82, 2.24) is 15.2 Å². The topological polar surface area (TPSA) is 28.2 Å². The van der Waals surface area contributed by atoms with Gasteiger partial charge in [0.2, 0.25) is 0 Å². The molecule has 3 rings (SSSR count). The van der Waals surface area contributed by atoms with Crippen molar-refractivity contribution in [2.45, 2.75) is 57.8 Å². The molecule has 0 spiro atoms. The van der Waals surface area contributed by atoms with Crippen molar-refractivity contribution in [3.8, 4) is 0 Å². The summed E-state index contributed by atoms with van der Waals surface area (Å²) in [5.41, 5.74) is 2.66. The van der Waals surface area contributed by atoms with Crippen LogP contribution in [0, 0.1) is 6.92 Å². The predicted molar refractivity (Wildman–Crippen MR) is 73.4 cm³/mol. The number of hydrogen-bond donors (Lipinski definition) is 1. The third kappa shape index (κ3) is 2.57. The van der Waals surface area contributed by atoms with Crippen LogP contribution in [0.25, 0.3) is 0 Å². The van der Waals surface area contributed by atoms with E-state index in [9.17, 15) is 0 Å². The molecule has 2 heterocycles. The minimum atomic E-state index is 0.660. The normalized spacial score (nSPS) is 28.8. The average molecular weight is 245 g/mol. The Kier molecular flexibility index (Phi) is 3.35. The summed E-state index contributed by atoms with van der Waals surface area (Å²) in [4.78, 5) is 6.84. The van der Waals surface area contributed by atoms with E-state index in [2.05, 4.69) is 35.1 Å². The van der Waals surface area contributed by atoms with Gasteiger partial charge in [0, 0.05) is 43.6 Å². The Labute approximate surface area is 110 Å². The molecule has 3 heteroatoms. The third-order valence-corrected chi connectivity index (χ3v) is 4.36. The zero-order valence-corrected chi connectivity index (χ0v) is 11.4. The van der Waals surface area contributed by atoms with E-state index in [0.29, 0.717) is 6.04 Å². The number of likely N-dealkylation sites (tertiary alicyclic amines) is 1. The summed E-state index contributed by atoms with van der Waals surface area (Å²) in [7, 11) is 0. The Bertz CT molecular complexity index is 414. The lowest BCUT2D eigenvalue weighted by Crippen LogP contribution is -2.34. The van der Waals surface area contributed by atoms with Crippen LogP contribution in [0.4, 0.5) is 0 Å². The standard InChI is InChI=1S/C15H23N3/c1-11-8-16-6-5-13(11)9-17-14-7-12(2)18(10-14)15-3-4-15/h5-6,8,12,14-15,17H,3-4,7,9-10H2,1-2H3. The van der Waals surface area contributed by atoms with Gasteiger partial charge in [-0.1, -0.05) is 0 Å². The molecule has 2 unspecified atom stereocenters. The number of pyridine rings is 1. The molecule has 0 aromatic carbocycles. The first-order chi connectivity index (χ1) is 8.74. The van der Waals surface area contributed by atoms with Crippen molar-refractivity contribution in [3.63, 3.8) is 0 Å². The molecule has 1 saturated carbocycles. The number of hydrogen-bond acceptors (Lipinski definition) is 3. The van der Waals surface area contributed by atoms with Crippen LogP contribution >= 0.6 is 0 Å². The SMILES string of the molecule is Cc1cnccc1CNC1CC(C)N(C2CC2)C1. The highest BCUT2D eigenvalue weighted by Gasteiger charge is 2.38. The number of rotatable bonds is 4. The maximum atomic E-state index is 4.14. The lowest BCUT2D eigenvalue weighted by Gasteiger charge is -2.19. The van der Waals surface area contributed by atoms with Crippen LogP contribution < -0.4 is 5.32 Å². The summed E-state index contributed by atoms with van der Waals surface area (Å²) in [5, 5.41) is 3.71. The van der Waals surface area contributed by atoms with Crippen molar-refractivity contribution in [2.75, 3.05) is 6.54 Å². The van der Waals surface area contributed by atoms with Crippen LogP contribution in [-0.4, -0.2) is 34.6 Å². The first-order valence-electron chi connectivity index (χ1n) is 7.12. The highest BCUT2D eigenvalue weighted by Crippen LogP contribution is 2.33. The van der Waals surface area contributed by atoms with Crippen LogP contribution in [0.2, 0.25) is 0 Å². The zero-order valence-electron chi connectivity index (χ0n) is 11.4. The Hall–Kier alpha value is -0.930. The molecular formula is C15H23N3. The predicted octanol–water partition coefficient (Wildman–Crippen LogP) is 2.10. The molecule has 98 valence electrons. The number of aromatic nitrogens is 1. The molecule has 0 bridgehead atoms. The molecule has 2 aliphatic rings. The zero-order chi connectivity index (χ0) is 12.5. The van der Waals surface area contributed by atoms with Gasteiger partial charge in [0.1, 0.15) is 0 Å². The first-order valence-corrected chi connectivity index (χ1v) is 7.12. The summed E-state index contributed by atoms with van der Waals surface area (Å²) < 4.78 is 0. The van der Waals surface area contributed by atoms with Crippen molar-refractivity contribution < 1.29 is 0 Å². The van der Waals surface area contributed by atoms with E-state index >= 15 is 0 Å². The molecule has 0 radical (unpaired) electrons. The minimum absolute atomic E-state index is 0.660. The Morgan fingerprint density at radius 2 is 2.28 bits per heavy atom. The van der Waals surface area contributed by atoms with E-state index < -0.39 is 0 Å². The highest BCUT2D eigenvalue weighted by molar-refractivity contribution is 5.21. The second-order valence-electron chi connectivity index (χ2n) is 5.89. The van der Waals surface area contributed by atoms with E-state index in [0.717, 1.165) is 18.6 Å². The third-order valence-electron chi connectivity index (χ3n) is 4.36. The van der Waals surface area contributed by atoms with Gasteiger partial charge in [0.25, 0.3) is 0 Å². The molecule has 2 fully saturated rings. The van der Waals surface area contributed by atoms with Gasteiger partial charge < -0.3 is 5.32 Å². The maximum absolute atomic E-state index is 4.14. The highest BCUT2D eigenvalue weighted by atomic mass is 15.3. The first kappa shape index (κ1) is 12.1. The van der Waals surface area contributed by atoms with Crippen LogP contribution in [-0.2, 0) is 6.54 Å². The summed E-state index contributed by atoms with van der Waals surface area (Å²) in [6, 6.07) is 4.44. The monoisotopic (exact) mass is 245 g/mol. The second-order valence-corrected chi connectivity index (χ2v) is 5.89. The summed E-state index contributed by atoms with van der Waals surface area (Å²) in [5.74, 6) is 0. The molecule has 1 aromatic heterocycles. The van der Waals surface area contributed by atoms with Crippen molar-refractivity contribution >= 4 is 0 Å². The summed E-state index contributed by atoms with van der Waals surface area (Å²) >= 11 is 0. The molecule has 18 heavy (non-hydrogen) atoms. The van der Waals surface area contributed by atoms with Crippen LogP contribution in [0.5, 0.6) is 0 Å². The number of aryl methyl sites for hydroxylation is 1. The van der Waals surface area contributed by atoms with E-state index in [1.165, 1.54) is 36.9 Å². The van der Waals surface area contributed by atoms with E-state index in [1.807, 2.05) is 12.4 Å². The molecule has 3 nitrogen and oxygen atoms in total. The van der Waals surface area contributed by atoms with E-state index in [-0.39, 0.29) is 0 Å². The second kappa shape index (κ2) is 4.98. The van der Waals surface area contributed by atoms with Crippen LogP contribution in [0.3, 0.4) is 0 Å². The Balaban J connectivity index is 1.53. The van der Waals surface area contributed by atoms with Crippen LogP contribution in [0.15, 0.2) is 18.5 Å². The van der Waals surface area contributed by atoms with Crippen LogP contribution in [0.1, 0.15) is 37.3 Å². The van der Waals surface area contributed by atoms with Crippen molar-refractivity contribution in [1.29, 1.82) is 0 Å². The minimum Gasteiger partial charge on any atom is -0.309 e. The smallest absolute Gasteiger partial charge is 0.0300 e. The maximum Gasteiger partial charge on any atom is 0.0300 e. The fourth-order valence-corrected chi connectivity index (χ4v) is 3.07. The molecule has 2 atom stereocenters. The lowest BCUT2D eigenvalue weighted by molar-refractivity contribution is 0.255. The van der Waals surface area contributed by atoms with Gasteiger partial charge >= 0.3 is 0 Å². The molecule has 1 aromatic rings. The quantitative estimate of drug-likeness (QED) is 0.880. The summed E-state index contributed by atoms with van der Waals surface area (Å²) in [6.07, 6.45) is 7.96. The Morgan fingerprint density at radius 1 is 1.44 bits per heavy atom. The summed E-state index contributed by atoms with van der Waals surface area (Å²) in [6.45, 7) is 6.72. The molecular weight excluding hydrogens is 222 g/mol. The van der Waals surface area contributed by atoms with Gasteiger partial charge in [-0.05, 0) is 50.3 Å². The molecule has 1 saturated heterocycles. The van der Waals surface area contributed by atoms with Gasteiger partial charge in [0.15, 0.2) is 0 Å². The van der Waals surface area contributed by atoms with Gasteiger partial charge in [-0.2, -0.15) is 0 Å². The number of nitrogens with zero attached hydrogens (tertiary/aromatic N) is 2. The van der Waals surface area contributed by atoms with Crippen molar-refractivity contribution in [3.05, 3.63) is 29.6 Å². The van der Waals surface area contributed by atoms with Gasteiger partial charge in [-0.15, -0.1) is 0 Å². The molecule has 1 aliphatic heterocycles. The van der Waals surface area contributed by atoms with E-state index in [1.54, 1.807) is 0 Å².